The van der Waals surface area contributed by atoms with E-state index in [2.05, 4.69) is 29.1 Å². The fourth-order valence-electron chi connectivity index (χ4n) is 1.11. The summed E-state index contributed by atoms with van der Waals surface area (Å²) in [7, 11) is 1.96. The molecular weight excluding hydrogens is 208 g/mol. The van der Waals surface area contributed by atoms with Crippen LogP contribution in [-0.4, -0.2) is 33.6 Å². The normalized spacial score (nSPS) is 10.4. The molecule has 0 radical (unpaired) electrons. The fourth-order valence-corrected chi connectivity index (χ4v) is 1.26. The van der Waals surface area contributed by atoms with Crippen molar-refractivity contribution < 1.29 is 0 Å². The summed E-state index contributed by atoms with van der Waals surface area (Å²) in [6.45, 7) is 5.92. The van der Waals surface area contributed by atoms with Gasteiger partial charge in [0.05, 0.1) is 6.54 Å². The Labute approximate surface area is 96.1 Å². The molecule has 0 aliphatic carbocycles. The van der Waals surface area contributed by atoms with E-state index >= 15 is 0 Å². The highest BCUT2D eigenvalue weighted by atomic mass is 32.1. The van der Waals surface area contributed by atoms with Crippen LogP contribution in [0, 0.1) is 5.92 Å². The molecule has 2 N–H and O–H groups in total. The summed E-state index contributed by atoms with van der Waals surface area (Å²) in [5, 5.41) is 3.97. The van der Waals surface area contributed by atoms with Crippen molar-refractivity contribution in [3.63, 3.8) is 0 Å². The molecule has 0 aliphatic heterocycles. The molecule has 0 spiro atoms. The first-order chi connectivity index (χ1) is 7.09. The molecule has 0 fully saturated rings. The summed E-state index contributed by atoms with van der Waals surface area (Å²) < 4.78 is 0. The second kappa shape index (κ2) is 5.70. The Bertz CT molecular complexity index is 294. The third-order valence-corrected chi connectivity index (χ3v) is 2.41. The van der Waals surface area contributed by atoms with Crippen LogP contribution in [0.4, 0.5) is 0 Å². The third kappa shape index (κ3) is 4.29. The Kier molecular flexibility index (Phi) is 4.55. The molecule has 1 rings (SSSR count). The monoisotopic (exact) mass is 226 g/mol. The van der Waals surface area contributed by atoms with Gasteiger partial charge >= 0.3 is 0 Å². The van der Waals surface area contributed by atoms with Crippen LogP contribution in [0.1, 0.15) is 19.7 Å². The third-order valence-electron chi connectivity index (χ3n) is 1.95. The molecule has 0 unspecified atom stereocenters. The van der Waals surface area contributed by atoms with Crippen molar-refractivity contribution >= 4 is 17.3 Å². The number of rotatable bonds is 4. The highest BCUT2D eigenvalue weighted by Gasteiger charge is 2.06. The van der Waals surface area contributed by atoms with E-state index in [1.807, 2.05) is 18.1 Å². The molecule has 15 heavy (non-hydrogen) atoms. The summed E-state index contributed by atoms with van der Waals surface area (Å²) in [4.78, 5) is 9.17. The molecule has 0 aromatic carbocycles. The van der Waals surface area contributed by atoms with Crippen molar-refractivity contribution in [1.29, 1.82) is 0 Å². The number of nitrogens with zero attached hydrogens (tertiary/aromatic N) is 2. The second-order valence-electron chi connectivity index (χ2n) is 3.97. The minimum absolute atomic E-state index is 0.597. The molecule has 0 saturated carbocycles. The SMILES string of the molecule is CC(C)CNC(=S)N(C)Cc1ncc[nH]1. The minimum atomic E-state index is 0.597. The lowest BCUT2D eigenvalue weighted by Gasteiger charge is -2.20. The van der Waals surface area contributed by atoms with Crippen molar-refractivity contribution in [3.8, 4) is 0 Å². The summed E-state index contributed by atoms with van der Waals surface area (Å²) in [6, 6.07) is 0. The van der Waals surface area contributed by atoms with Crippen LogP contribution >= 0.6 is 12.2 Å². The zero-order valence-electron chi connectivity index (χ0n) is 9.45. The van der Waals surface area contributed by atoms with Gasteiger partial charge in [-0.25, -0.2) is 4.98 Å². The Balaban J connectivity index is 2.33. The zero-order chi connectivity index (χ0) is 11.3. The molecule has 0 atom stereocenters. The number of aromatic amines is 1. The summed E-state index contributed by atoms with van der Waals surface area (Å²) in [5.41, 5.74) is 0. The standard InChI is InChI=1S/C10H18N4S/c1-8(2)6-13-10(15)14(3)7-9-11-4-5-12-9/h4-5,8H,6-7H2,1-3H3,(H,11,12)(H,13,15). The van der Waals surface area contributed by atoms with Gasteiger partial charge in [0.25, 0.3) is 0 Å². The lowest BCUT2D eigenvalue weighted by Crippen LogP contribution is -2.38. The van der Waals surface area contributed by atoms with Crippen LogP contribution < -0.4 is 5.32 Å². The quantitative estimate of drug-likeness (QED) is 0.761. The molecule has 5 heteroatoms. The fraction of sp³-hybridized carbons (Fsp3) is 0.600. The van der Waals surface area contributed by atoms with Crippen LogP contribution in [0.2, 0.25) is 0 Å². The van der Waals surface area contributed by atoms with Gasteiger partial charge in [-0.2, -0.15) is 0 Å². The zero-order valence-corrected chi connectivity index (χ0v) is 10.3. The van der Waals surface area contributed by atoms with Crippen LogP contribution in [0.25, 0.3) is 0 Å². The van der Waals surface area contributed by atoms with Crippen LogP contribution in [-0.2, 0) is 6.54 Å². The molecule has 4 nitrogen and oxygen atoms in total. The number of H-pyrrole nitrogens is 1. The number of nitrogens with one attached hydrogen (secondary N) is 2. The van der Waals surface area contributed by atoms with Crippen molar-refractivity contribution in [3.05, 3.63) is 18.2 Å². The van der Waals surface area contributed by atoms with Gasteiger partial charge in [0.2, 0.25) is 0 Å². The predicted molar refractivity (Wildman–Crippen MR) is 65.5 cm³/mol. The summed E-state index contributed by atoms with van der Waals surface area (Å²) in [6.07, 6.45) is 3.56. The van der Waals surface area contributed by atoms with E-state index in [0.29, 0.717) is 12.5 Å². The largest absolute Gasteiger partial charge is 0.362 e. The maximum Gasteiger partial charge on any atom is 0.169 e. The summed E-state index contributed by atoms with van der Waals surface area (Å²) >= 11 is 5.24. The Morgan fingerprint density at radius 3 is 2.93 bits per heavy atom. The first kappa shape index (κ1) is 12.0. The molecule has 84 valence electrons. The average Bonchev–Trinajstić information content (AvgIpc) is 2.66. The number of hydrogen-bond donors (Lipinski definition) is 2. The molecule has 0 amide bonds. The maximum absolute atomic E-state index is 5.24. The van der Waals surface area contributed by atoms with Gasteiger partial charge in [-0.15, -0.1) is 0 Å². The molecule has 0 aliphatic rings. The average molecular weight is 226 g/mol. The lowest BCUT2D eigenvalue weighted by atomic mass is 10.2. The van der Waals surface area contributed by atoms with Crippen LogP contribution in [0.5, 0.6) is 0 Å². The molecule has 1 heterocycles. The smallest absolute Gasteiger partial charge is 0.169 e. The van der Waals surface area contributed by atoms with E-state index in [1.165, 1.54) is 0 Å². The Morgan fingerprint density at radius 2 is 2.40 bits per heavy atom. The lowest BCUT2D eigenvalue weighted by molar-refractivity contribution is 0.467. The highest BCUT2D eigenvalue weighted by molar-refractivity contribution is 7.80. The molecule has 1 aromatic heterocycles. The second-order valence-corrected chi connectivity index (χ2v) is 4.36. The van der Waals surface area contributed by atoms with E-state index in [9.17, 15) is 0 Å². The number of imidazole rings is 1. The predicted octanol–water partition coefficient (Wildman–Crippen LogP) is 1.37. The van der Waals surface area contributed by atoms with Crippen LogP contribution in [0.15, 0.2) is 12.4 Å². The molecule has 0 saturated heterocycles. The molecule has 1 aromatic rings. The van der Waals surface area contributed by atoms with E-state index in [4.69, 9.17) is 12.2 Å². The van der Waals surface area contributed by atoms with Crippen molar-refractivity contribution in [1.82, 2.24) is 20.2 Å². The van der Waals surface area contributed by atoms with E-state index in [0.717, 1.165) is 17.5 Å². The minimum Gasteiger partial charge on any atom is -0.362 e. The molecule has 0 bridgehead atoms. The highest BCUT2D eigenvalue weighted by Crippen LogP contribution is 1.97. The number of aromatic nitrogens is 2. The topological polar surface area (TPSA) is 44.0 Å². The Morgan fingerprint density at radius 1 is 1.67 bits per heavy atom. The first-order valence-corrected chi connectivity index (χ1v) is 5.47. The number of hydrogen-bond acceptors (Lipinski definition) is 2. The van der Waals surface area contributed by atoms with Crippen LogP contribution in [0.3, 0.4) is 0 Å². The van der Waals surface area contributed by atoms with E-state index < -0.39 is 0 Å². The van der Waals surface area contributed by atoms with E-state index in [1.54, 1.807) is 6.20 Å². The van der Waals surface area contributed by atoms with Gasteiger partial charge < -0.3 is 15.2 Å². The van der Waals surface area contributed by atoms with Gasteiger partial charge in [0.15, 0.2) is 5.11 Å². The number of thiocarbonyl (C=S) groups is 1. The van der Waals surface area contributed by atoms with Gasteiger partial charge in [0.1, 0.15) is 5.82 Å². The molecular formula is C10H18N4S. The van der Waals surface area contributed by atoms with Crippen molar-refractivity contribution in [2.45, 2.75) is 20.4 Å². The van der Waals surface area contributed by atoms with Crippen molar-refractivity contribution in [2.24, 2.45) is 5.92 Å². The van der Waals surface area contributed by atoms with E-state index in [-0.39, 0.29) is 0 Å². The van der Waals surface area contributed by atoms with Gasteiger partial charge in [-0.1, -0.05) is 13.8 Å². The van der Waals surface area contributed by atoms with Crippen molar-refractivity contribution in [2.75, 3.05) is 13.6 Å². The van der Waals surface area contributed by atoms with Gasteiger partial charge in [-0.05, 0) is 18.1 Å². The first-order valence-electron chi connectivity index (χ1n) is 5.07. The van der Waals surface area contributed by atoms with Gasteiger partial charge in [-0.3, -0.25) is 0 Å². The van der Waals surface area contributed by atoms with Gasteiger partial charge in [0, 0.05) is 26.0 Å². The summed E-state index contributed by atoms with van der Waals surface area (Å²) in [5.74, 6) is 1.52. The Hall–Kier alpha value is -1.10. The maximum atomic E-state index is 5.24.